The number of hydrogen-bond donors (Lipinski definition) is 2. The van der Waals surface area contributed by atoms with Crippen LogP contribution in [0.5, 0.6) is 0 Å². The van der Waals surface area contributed by atoms with Crippen molar-refractivity contribution < 1.29 is 4.79 Å². The highest BCUT2D eigenvalue weighted by atomic mass is 16.2. The van der Waals surface area contributed by atoms with Crippen LogP contribution in [-0.4, -0.2) is 17.1 Å². The monoisotopic (exact) mass is 231 g/mol. The number of aryl methyl sites for hydroxylation is 1. The molecule has 4 heteroatoms. The number of carbonyl (C=O) groups is 1. The molecular weight excluding hydrogens is 214 g/mol. The number of urea groups is 1. The van der Waals surface area contributed by atoms with E-state index in [0.29, 0.717) is 6.54 Å². The predicted molar refractivity (Wildman–Crippen MR) is 70.2 cm³/mol. The molecule has 4 nitrogen and oxygen atoms in total. The molecule has 2 amide bonds. The molecule has 2 N–H and O–H groups in total. The van der Waals surface area contributed by atoms with Gasteiger partial charge in [-0.2, -0.15) is 0 Å². The summed E-state index contributed by atoms with van der Waals surface area (Å²) >= 11 is 0. The quantitative estimate of drug-likeness (QED) is 0.838. The number of carbonyl (C=O) groups excluding carboxylic acids is 1. The Morgan fingerprint density at radius 3 is 2.94 bits per heavy atom. The first kappa shape index (κ1) is 11.5. The Morgan fingerprint density at radius 2 is 2.18 bits per heavy atom. The molecule has 0 fully saturated rings. The van der Waals surface area contributed by atoms with Crippen molar-refractivity contribution in [3.8, 4) is 0 Å². The zero-order valence-corrected chi connectivity index (χ0v) is 10.2. The molecule has 1 aromatic heterocycles. The number of hydrogen-bond acceptors (Lipinski definition) is 1. The average Bonchev–Trinajstić information content (AvgIpc) is 2.68. The van der Waals surface area contributed by atoms with Gasteiger partial charge in [0.25, 0.3) is 0 Å². The predicted octanol–water partition coefficient (Wildman–Crippen LogP) is 2.71. The highest BCUT2D eigenvalue weighted by Crippen LogP contribution is 2.19. The molecule has 17 heavy (non-hydrogen) atoms. The van der Waals surface area contributed by atoms with Crippen LogP contribution in [0, 0.1) is 0 Å². The molecule has 0 aliphatic heterocycles. The zero-order valence-electron chi connectivity index (χ0n) is 10.2. The van der Waals surface area contributed by atoms with Crippen LogP contribution in [0.25, 0.3) is 10.9 Å². The van der Waals surface area contributed by atoms with Crippen LogP contribution in [0.15, 0.2) is 30.5 Å². The molecule has 0 aliphatic carbocycles. The lowest BCUT2D eigenvalue weighted by atomic mass is 10.2. The number of fused-ring (bicyclic) bond motifs is 1. The molecule has 0 atom stereocenters. The third-order valence-corrected chi connectivity index (χ3v) is 2.68. The molecule has 0 radical (unpaired) electrons. The lowest BCUT2D eigenvalue weighted by Gasteiger charge is -2.07. The van der Waals surface area contributed by atoms with Crippen molar-refractivity contribution >= 4 is 22.6 Å². The first-order valence-electron chi connectivity index (χ1n) is 5.80. The number of anilines is 1. The van der Waals surface area contributed by atoms with Crippen LogP contribution >= 0.6 is 0 Å². The minimum absolute atomic E-state index is 0.151. The van der Waals surface area contributed by atoms with Gasteiger partial charge in [0.1, 0.15) is 0 Å². The first-order chi connectivity index (χ1) is 8.20. The summed E-state index contributed by atoms with van der Waals surface area (Å²) in [6, 6.07) is 7.77. The Labute approximate surface area is 101 Å². The molecule has 0 aliphatic rings. The Balaban J connectivity index is 2.11. The van der Waals surface area contributed by atoms with E-state index in [-0.39, 0.29) is 6.03 Å². The summed E-state index contributed by atoms with van der Waals surface area (Å²) in [6.45, 7) is 2.72. The van der Waals surface area contributed by atoms with Gasteiger partial charge in [0, 0.05) is 36.4 Å². The Kier molecular flexibility index (Phi) is 3.32. The fourth-order valence-corrected chi connectivity index (χ4v) is 1.77. The van der Waals surface area contributed by atoms with E-state index in [1.807, 2.05) is 44.4 Å². The maximum atomic E-state index is 11.5. The lowest BCUT2D eigenvalue weighted by Crippen LogP contribution is -2.29. The lowest BCUT2D eigenvalue weighted by molar-refractivity contribution is 0.252. The number of benzene rings is 1. The second-order valence-corrected chi connectivity index (χ2v) is 4.08. The topological polar surface area (TPSA) is 46.1 Å². The molecule has 0 saturated heterocycles. The first-order valence-corrected chi connectivity index (χ1v) is 5.80. The van der Waals surface area contributed by atoms with Crippen molar-refractivity contribution in [3.63, 3.8) is 0 Å². The highest BCUT2D eigenvalue weighted by molar-refractivity contribution is 5.92. The van der Waals surface area contributed by atoms with Gasteiger partial charge in [0.2, 0.25) is 0 Å². The van der Waals surface area contributed by atoms with Crippen molar-refractivity contribution in [2.75, 3.05) is 11.9 Å². The van der Waals surface area contributed by atoms with E-state index in [1.165, 1.54) is 0 Å². The Morgan fingerprint density at radius 1 is 1.35 bits per heavy atom. The fourth-order valence-electron chi connectivity index (χ4n) is 1.77. The summed E-state index contributed by atoms with van der Waals surface area (Å²) in [7, 11) is 2.00. The molecule has 0 unspecified atom stereocenters. The van der Waals surface area contributed by atoms with Crippen molar-refractivity contribution in [2.45, 2.75) is 13.3 Å². The van der Waals surface area contributed by atoms with Crippen molar-refractivity contribution in [1.82, 2.24) is 9.88 Å². The van der Waals surface area contributed by atoms with E-state index in [0.717, 1.165) is 23.0 Å². The minimum atomic E-state index is -0.151. The van der Waals surface area contributed by atoms with Gasteiger partial charge in [-0.1, -0.05) is 6.92 Å². The zero-order chi connectivity index (χ0) is 12.3. The molecule has 1 aromatic carbocycles. The normalized spacial score (nSPS) is 10.5. The van der Waals surface area contributed by atoms with Gasteiger partial charge < -0.3 is 15.2 Å². The SMILES string of the molecule is CCCNC(=O)Nc1ccc2c(ccn2C)c1. The Hall–Kier alpha value is -1.97. The molecule has 90 valence electrons. The summed E-state index contributed by atoms with van der Waals surface area (Å²) in [5, 5.41) is 6.72. The maximum absolute atomic E-state index is 11.5. The molecule has 2 rings (SSSR count). The van der Waals surface area contributed by atoms with Crippen LogP contribution in [0.3, 0.4) is 0 Å². The smallest absolute Gasteiger partial charge is 0.319 e. The van der Waals surface area contributed by atoms with E-state index in [2.05, 4.69) is 15.2 Å². The van der Waals surface area contributed by atoms with Gasteiger partial charge in [-0.3, -0.25) is 0 Å². The van der Waals surface area contributed by atoms with E-state index in [9.17, 15) is 4.79 Å². The minimum Gasteiger partial charge on any atom is -0.351 e. The standard InChI is InChI=1S/C13H17N3O/c1-3-7-14-13(17)15-11-4-5-12-10(9-11)6-8-16(12)2/h4-6,8-9H,3,7H2,1-2H3,(H2,14,15,17). The van der Waals surface area contributed by atoms with Crippen LogP contribution in [0.1, 0.15) is 13.3 Å². The third-order valence-electron chi connectivity index (χ3n) is 2.68. The van der Waals surface area contributed by atoms with Gasteiger partial charge >= 0.3 is 6.03 Å². The summed E-state index contributed by atoms with van der Waals surface area (Å²) in [5.74, 6) is 0. The maximum Gasteiger partial charge on any atom is 0.319 e. The molecule has 0 bridgehead atoms. The second kappa shape index (κ2) is 4.91. The van der Waals surface area contributed by atoms with Crippen LogP contribution in [0.2, 0.25) is 0 Å². The molecule has 2 aromatic rings. The van der Waals surface area contributed by atoms with E-state index < -0.39 is 0 Å². The molecule has 0 saturated carbocycles. The molecule has 0 spiro atoms. The largest absolute Gasteiger partial charge is 0.351 e. The highest BCUT2D eigenvalue weighted by Gasteiger charge is 2.02. The molecule has 1 heterocycles. The van der Waals surface area contributed by atoms with Crippen molar-refractivity contribution in [2.24, 2.45) is 7.05 Å². The number of rotatable bonds is 3. The van der Waals surface area contributed by atoms with Crippen LogP contribution in [0.4, 0.5) is 10.5 Å². The van der Waals surface area contributed by atoms with Crippen LogP contribution < -0.4 is 10.6 Å². The number of amides is 2. The average molecular weight is 231 g/mol. The summed E-state index contributed by atoms with van der Waals surface area (Å²) in [6.07, 6.45) is 2.94. The second-order valence-electron chi connectivity index (χ2n) is 4.08. The fraction of sp³-hybridized carbons (Fsp3) is 0.308. The van der Waals surface area contributed by atoms with Gasteiger partial charge in [0.15, 0.2) is 0 Å². The number of nitrogens with zero attached hydrogens (tertiary/aromatic N) is 1. The van der Waals surface area contributed by atoms with E-state index in [1.54, 1.807) is 0 Å². The van der Waals surface area contributed by atoms with Gasteiger partial charge in [-0.25, -0.2) is 4.79 Å². The van der Waals surface area contributed by atoms with Gasteiger partial charge in [-0.15, -0.1) is 0 Å². The number of nitrogens with one attached hydrogen (secondary N) is 2. The van der Waals surface area contributed by atoms with E-state index >= 15 is 0 Å². The summed E-state index contributed by atoms with van der Waals surface area (Å²) in [5.41, 5.74) is 1.97. The van der Waals surface area contributed by atoms with Crippen molar-refractivity contribution in [3.05, 3.63) is 30.5 Å². The third kappa shape index (κ3) is 2.58. The summed E-state index contributed by atoms with van der Waals surface area (Å²) < 4.78 is 2.05. The van der Waals surface area contributed by atoms with Gasteiger partial charge in [0.05, 0.1) is 0 Å². The number of aromatic nitrogens is 1. The van der Waals surface area contributed by atoms with Crippen LogP contribution in [-0.2, 0) is 7.05 Å². The van der Waals surface area contributed by atoms with E-state index in [4.69, 9.17) is 0 Å². The Bertz CT molecular complexity index is 530. The van der Waals surface area contributed by atoms with Crippen molar-refractivity contribution in [1.29, 1.82) is 0 Å². The summed E-state index contributed by atoms with van der Waals surface area (Å²) in [4.78, 5) is 11.5. The van der Waals surface area contributed by atoms with Gasteiger partial charge in [-0.05, 0) is 30.7 Å². The molecular formula is C13H17N3O.